The number of aromatic nitrogens is 2. The highest BCUT2D eigenvalue weighted by Crippen LogP contribution is 2.31. The number of ether oxygens (including phenoxy) is 1. The Labute approximate surface area is 117 Å². The summed E-state index contributed by atoms with van der Waals surface area (Å²) < 4.78 is 5.18. The smallest absolute Gasteiger partial charge is 0.213 e. The standard InChI is InChI=1S/C14H18N4O2/c1-20-12-3-2-10-13(17-12)11(4-6-16-10)18-7-5-14(19,8-15)9-18/h2-4,6,19H,5,7-9,15H2,1H3/t14-/m0/s1. The van der Waals surface area contributed by atoms with Gasteiger partial charge in [0.05, 0.1) is 23.9 Å². The van der Waals surface area contributed by atoms with Crippen molar-refractivity contribution >= 4 is 16.7 Å². The molecule has 0 amide bonds. The first kappa shape index (κ1) is 13.1. The van der Waals surface area contributed by atoms with Gasteiger partial charge >= 0.3 is 0 Å². The van der Waals surface area contributed by atoms with Crippen LogP contribution >= 0.6 is 0 Å². The molecular formula is C14H18N4O2. The van der Waals surface area contributed by atoms with Crippen LogP contribution in [-0.4, -0.2) is 47.4 Å². The number of hydrogen-bond acceptors (Lipinski definition) is 6. The number of nitrogens with zero attached hydrogens (tertiary/aromatic N) is 3. The molecule has 0 radical (unpaired) electrons. The third kappa shape index (κ3) is 2.17. The summed E-state index contributed by atoms with van der Waals surface area (Å²) in [6.45, 7) is 1.54. The predicted molar refractivity (Wildman–Crippen MR) is 76.9 cm³/mol. The van der Waals surface area contributed by atoms with Crippen molar-refractivity contribution < 1.29 is 9.84 Å². The monoisotopic (exact) mass is 274 g/mol. The second kappa shape index (κ2) is 4.88. The molecule has 0 bridgehead atoms. The lowest BCUT2D eigenvalue weighted by Gasteiger charge is -2.23. The molecule has 1 aliphatic heterocycles. The van der Waals surface area contributed by atoms with Crippen LogP contribution in [0.2, 0.25) is 0 Å². The number of fused-ring (bicyclic) bond motifs is 1. The number of anilines is 1. The van der Waals surface area contributed by atoms with Gasteiger partial charge in [0.15, 0.2) is 0 Å². The summed E-state index contributed by atoms with van der Waals surface area (Å²) in [6.07, 6.45) is 2.42. The highest BCUT2D eigenvalue weighted by Gasteiger charge is 2.35. The molecule has 3 heterocycles. The summed E-state index contributed by atoms with van der Waals surface area (Å²) in [7, 11) is 1.59. The first-order valence-electron chi connectivity index (χ1n) is 6.62. The molecule has 6 nitrogen and oxygen atoms in total. The van der Waals surface area contributed by atoms with Gasteiger partial charge in [0, 0.05) is 31.9 Å². The summed E-state index contributed by atoms with van der Waals surface area (Å²) in [6, 6.07) is 5.59. The summed E-state index contributed by atoms with van der Waals surface area (Å²) in [5.74, 6) is 0.556. The van der Waals surface area contributed by atoms with E-state index in [4.69, 9.17) is 10.5 Å². The molecule has 1 saturated heterocycles. The molecule has 2 aromatic heterocycles. The predicted octanol–water partition coefficient (Wildman–Crippen LogP) is 0.538. The number of β-amino-alcohol motifs (C(OH)–C–C–N with tert-alkyl or cyclic N) is 1. The fourth-order valence-corrected chi connectivity index (χ4v) is 2.59. The van der Waals surface area contributed by atoms with Crippen LogP contribution in [0.4, 0.5) is 5.69 Å². The highest BCUT2D eigenvalue weighted by atomic mass is 16.5. The second-order valence-corrected chi connectivity index (χ2v) is 5.15. The molecule has 0 spiro atoms. The van der Waals surface area contributed by atoms with Crippen LogP contribution in [0.15, 0.2) is 24.4 Å². The molecule has 106 valence electrons. The lowest BCUT2D eigenvalue weighted by molar-refractivity contribution is 0.0726. The van der Waals surface area contributed by atoms with Crippen LogP contribution in [0, 0.1) is 0 Å². The normalized spacial score (nSPS) is 22.4. The lowest BCUT2D eigenvalue weighted by atomic mass is 10.0. The van der Waals surface area contributed by atoms with E-state index in [0.717, 1.165) is 23.3 Å². The third-order valence-corrected chi connectivity index (χ3v) is 3.80. The molecule has 20 heavy (non-hydrogen) atoms. The van der Waals surface area contributed by atoms with Gasteiger partial charge in [0.25, 0.3) is 0 Å². The van der Waals surface area contributed by atoms with E-state index in [1.165, 1.54) is 0 Å². The molecule has 0 aromatic carbocycles. The second-order valence-electron chi connectivity index (χ2n) is 5.15. The van der Waals surface area contributed by atoms with Crippen LogP contribution in [0.1, 0.15) is 6.42 Å². The fraction of sp³-hybridized carbons (Fsp3) is 0.429. The molecule has 3 rings (SSSR count). The van der Waals surface area contributed by atoms with E-state index in [0.29, 0.717) is 18.8 Å². The number of rotatable bonds is 3. The Balaban J connectivity index is 2.03. The minimum absolute atomic E-state index is 0.267. The maximum Gasteiger partial charge on any atom is 0.213 e. The molecule has 1 aliphatic rings. The van der Waals surface area contributed by atoms with Crippen molar-refractivity contribution in [2.45, 2.75) is 12.0 Å². The zero-order valence-electron chi connectivity index (χ0n) is 11.4. The van der Waals surface area contributed by atoms with E-state index in [1.54, 1.807) is 19.4 Å². The maximum atomic E-state index is 10.3. The summed E-state index contributed by atoms with van der Waals surface area (Å²) in [5.41, 5.74) is 7.38. The van der Waals surface area contributed by atoms with Gasteiger partial charge in [-0.15, -0.1) is 0 Å². The summed E-state index contributed by atoms with van der Waals surface area (Å²) >= 11 is 0. The van der Waals surface area contributed by atoms with Crippen molar-refractivity contribution in [2.75, 3.05) is 31.6 Å². The van der Waals surface area contributed by atoms with Gasteiger partial charge < -0.3 is 20.5 Å². The minimum Gasteiger partial charge on any atom is -0.481 e. The Morgan fingerprint density at radius 1 is 1.45 bits per heavy atom. The Bertz CT molecular complexity index is 634. The van der Waals surface area contributed by atoms with Crippen molar-refractivity contribution in [3.63, 3.8) is 0 Å². The minimum atomic E-state index is -0.811. The van der Waals surface area contributed by atoms with Gasteiger partial charge in [0.1, 0.15) is 5.52 Å². The first-order chi connectivity index (χ1) is 9.65. The molecule has 1 atom stereocenters. The van der Waals surface area contributed by atoms with Crippen LogP contribution in [0.5, 0.6) is 5.88 Å². The SMILES string of the molecule is COc1ccc2nccc(N3CC[C@](O)(CN)C3)c2n1. The molecule has 1 fully saturated rings. The fourth-order valence-electron chi connectivity index (χ4n) is 2.59. The summed E-state index contributed by atoms with van der Waals surface area (Å²) in [5, 5.41) is 10.3. The van der Waals surface area contributed by atoms with Crippen LogP contribution in [-0.2, 0) is 0 Å². The van der Waals surface area contributed by atoms with Gasteiger partial charge in [-0.05, 0) is 18.6 Å². The molecule has 6 heteroatoms. The van der Waals surface area contributed by atoms with Crippen LogP contribution < -0.4 is 15.4 Å². The molecule has 0 aliphatic carbocycles. The Hall–Kier alpha value is -1.92. The third-order valence-electron chi connectivity index (χ3n) is 3.80. The number of aliphatic hydroxyl groups is 1. The van der Waals surface area contributed by atoms with Crippen molar-refractivity contribution in [1.29, 1.82) is 0 Å². The Morgan fingerprint density at radius 2 is 2.30 bits per heavy atom. The number of nitrogens with two attached hydrogens (primary N) is 1. The number of methoxy groups -OCH3 is 1. The average Bonchev–Trinajstić information content (AvgIpc) is 2.89. The average molecular weight is 274 g/mol. The van der Waals surface area contributed by atoms with Crippen molar-refractivity contribution in [3.8, 4) is 5.88 Å². The number of hydrogen-bond donors (Lipinski definition) is 2. The van der Waals surface area contributed by atoms with E-state index >= 15 is 0 Å². The number of pyridine rings is 2. The van der Waals surface area contributed by atoms with Crippen LogP contribution in [0.3, 0.4) is 0 Å². The van der Waals surface area contributed by atoms with E-state index in [-0.39, 0.29) is 6.54 Å². The van der Waals surface area contributed by atoms with E-state index in [1.807, 2.05) is 12.1 Å². The lowest BCUT2D eigenvalue weighted by Crippen LogP contribution is -2.40. The van der Waals surface area contributed by atoms with Crippen molar-refractivity contribution in [3.05, 3.63) is 24.4 Å². The molecule has 0 saturated carbocycles. The van der Waals surface area contributed by atoms with E-state index < -0.39 is 5.60 Å². The summed E-state index contributed by atoms with van der Waals surface area (Å²) in [4.78, 5) is 10.9. The van der Waals surface area contributed by atoms with Gasteiger partial charge in [-0.25, -0.2) is 4.98 Å². The Morgan fingerprint density at radius 3 is 3.00 bits per heavy atom. The quantitative estimate of drug-likeness (QED) is 0.849. The van der Waals surface area contributed by atoms with E-state index in [9.17, 15) is 5.11 Å². The maximum absolute atomic E-state index is 10.3. The molecule has 3 N–H and O–H groups in total. The topological polar surface area (TPSA) is 84.5 Å². The van der Waals surface area contributed by atoms with Gasteiger partial charge in [-0.2, -0.15) is 0 Å². The van der Waals surface area contributed by atoms with E-state index in [2.05, 4.69) is 14.9 Å². The zero-order valence-corrected chi connectivity index (χ0v) is 11.4. The first-order valence-corrected chi connectivity index (χ1v) is 6.62. The van der Waals surface area contributed by atoms with Gasteiger partial charge in [-0.1, -0.05) is 0 Å². The Kier molecular flexibility index (Phi) is 3.19. The van der Waals surface area contributed by atoms with Gasteiger partial charge in [-0.3, -0.25) is 4.98 Å². The largest absolute Gasteiger partial charge is 0.481 e. The molecular weight excluding hydrogens is 256 g/mol. The van der Waals surface area contributed by atoms with Gasteiger partial charge in [0.2, 0.25) is 5.88 Å². The van der Waals surface area contributed by atoms with Crippen LogP contribution in [0.25, 0.3) is 11.0 Å². The molecule has 2 aromatic rings. The highest BCUT2D eigenvalue weighted by molar-refractivity contribution is 5.88. The zero-order chi connectivity index (χ0) is 14.2. The molecule has 0 unspecified atom stereocenters. The van der Waals surface area contributed by atoms with Crippen molar-refractivity contribution in [1.82, 2.24) is 9.97 Å². The van der Waals surface area contributed by atoms with Crippen molar-refractivity contribution in [2.24, 2.45) is 5.73 Å².